The Bertz CT molecular complexity index is 421. The summed E-state index contributed by atoms with van der Waals surface area (Å²) in [6, 6.07) is 3.79. The molecule has 0 aliphatic heterocycles. The van der Waals surface area contributed by atoms with E-state index < -0.39 is 6.09 Å². The number of rotatable bonds is 5. The van der Waals surface area contributed by atoms with Crippen LogP contribution in [0.2, 0.25) is 5.02 Å². The van der Waals surface area contributed by atoms with E-state index in [1.807, 2.05) is 26.0 Å². The second kappa shape index (κ2) is 7.11. The SMILES string of the molecule is CCOc1cc(C)c(CCNC(=O)OC)cc1Cl. The van der Waals surface area contributed by atoms with E-state index in [9.17, 15) is 4.79 Å². The number of aryl methyl sites for hydroxylation is 1. The Morgan fingerprint density at radius 3 is 2.78 bits per heavy atom. The third-order valence-electron chi connectivity index (χ3n) is 2.54. The molecule has 0 aliphatic carbocycles. The molecule has 0 saturated carbocycles. The number of carbonyl (C=O) groups excluding carboxylic acids is 1. The number of carbonyl (C=O) groups is 1. The number of ether oxygens (including phenoxy) is 2. The third-order valence-corrected chi connectivity index (χ3v) is 2.83. The van der Waals surface area contributed by atoms with E-state index in [4.69, 9.17) is 16.3 Å². The van der Waals surface area contributed by atoms with Crippen molar-refractivity contribution >= 4 is 17.7 Å². The number of hydrogen-bond acceptors (Lipinski definition) is 3. The van der Waals surface area contributed by atoms with Crippen molar-refractivity contribution in [3.63, 3.8) is 0 Å². The molecule has 4 nitrogen and oxygen atoms in total. The Balaban J connectivity index is 2.66. The van der Waals surface area contributed by atoms with Crippen LogP contribution in [0.4, 0.5) is 4.79 Å². The van der Waals surface area contributed by atoms with Crippen molar-refractivity contribution in [3.05, 3.63) is 28.3 Å². The maximum absolute atomic E-state index is 10.9. The minimum absolute atomic E-state index is 0.426. The number of alkyl carbamates (subject to hydrolysis) is 1. The fourth-order valence-corrected chi connectivity index (χ4v) is 1.84. The summed E-state index contributed by atoms with van der Waals surface area (Å²) in [5.41, 5.74) is 2.18. The van der Waals surface area contributed by atoms with Gasteiger partial charge in [0.05, 0.1) is 18.7 Å². The number of benzene rings is 1. The first-order valence-corrected chi connectivity index (χ1v) is 6.20. The molecule has 1 N–H and O–H groups in total. The smallest absolute Gasteiger partial charge is 0.406 e. The molecule has 18 heavy (non-hydrogen) atoms. The summed E-state index contributed by atoms with van der Waals surface area (Å²) in [5.74, 6) is 0.696. The molecule has 0 fully saturated rings. The lowest BCUT2D eigenvalue weighted by Gasteiger charge is -2.11. The van der Waals surface area contributed by atoms with E-state index in [0.29, 0.717) is 30.3 Å². The molecule has 0 aromatic heterocycles. The molecule has 1 rings (SSSR count). The lowest BCUT2D eigenvalue weighted by atomic mass is 10.1. The molecule has 0 aliphatic rings. The molecule has 100 valence electrons. The summed E-state index contributed by atoms with van der Waals surface area (Å²) >= 11 is 6.11. The Hall–Kier alpha value is -1.42. The highest BCUT2D eigenvalue weighted by atomic mass is 35.5. The van der Waals surface area contributed by atoms with Crippen molar-refractivity contribution in [2.75, 3.05) is 20.3 Å². The Labute approximate surface area is 112 Å². The molecule has 5 heteroatoms. The molecular formula is C13H18ClNO3. The molecule has 0 saturated heterocycles. The Morgan fingerprint density at radius 1 is 1.44 bits per heavy atom. The first kappa shape index (κ1) is 14.6. The standard InChI is InChI=1S/C13H18ClNO3/c1-4-18-12-7-9(2)10(8-11(12)14)5-6-15-13(16)17-3/h7-8H,4-6H2,1-3H3,(H,15,16). The zero-order valence-corrected chi connectivity index (χ0v) is 11.6. The molecular weight excluding hydrogens is 254 g/mol. The van der Waals surface area contributed by atoms with E-state index >= 15 is 0 Å². The van der Waals surface area contributed by atoms with Crippen LogP contribution in [0.1, 0.15) is 18.1 Å². The second-order valence-electron chi connectivity index (χ2n) is 3.81. The van der Waals surface area contributed by atoms with Gasteiger partial charge in [-0.3, -0.25) is 0 Å². The van der Waals surface area contributed by atoms with Gasteiger partial charge in [0.25, 0.3) is 0 Å². The molecule has 1 amide bonds. The van der Waals surface area contributed by atoms with Gasteiger partial charge in [0, 0.05) is 6.54 Å². The van der Waals surface area contributed by atoms with Crippen molar-refractivity contribution in [2.45, 2.75) is 20.3 Å². The summed E-state index contributed by atoms with van der Waals surface area (Å²) in [5, 5.41) is 3.22. The normalized spacial score (nSPS) is 10.0. The number of methoxy groups -OCH3 is 1. The Morgan fingerprint density at radius 2 is 2.17 bits per heavy atom. The van der Waals surface area contributed by atoms with Crippen molar-refractivity contribution in [1.82, 2.24) is 5.32 Å². The van der Waals surface area contributed by atoms with Crippen LogP contribution in [0.3, 0.4) is 0 Å². The minimum atomic E-state index is -0.426. The number of nitrogens with one attached hydrogen (secondary N) is 1. The number of hydrogen-bond donors (Lipinski definition) is 1. The minimum Gasteiger partial charge on any atom is -0.492 e. The third kappa shape index (κ3) is 4.11. The lowest BCUT2D eigenvalue weighted by molar-refractivity contribution is 0.171. The zero-order chi connectivity index (χ0) is 13.5. The summed E-state index contributed by atoms with van der Waals surface area (Å²) in [6.07, 6.45) is 0.275. The summed E-state index contributed by atoms with van der Waals surface area (Å²) in [6.45, 7) is 5.01. The molecule has 0 bridgehead atoms. The lowest BCUT2D eigenvalue weighted by Crippen LogP contribution is -2.25. The van der Waals surface area contributed by atoms with Gasteiger partial charge >= 0.3 is 6.09 Å². The van der Waals surface area contributed by atoms with Crippen LogP contribution < -0.4 is 10.1 Å². The van der Waals surface area contributed by atoms with Gasteiger partial charge in [-0.1, -0.05) is 11.6 Å². The fourth-order valence-electron chi connectivity index (χ4n) is 1.60. The van der Waals surface area contributed by atoms with Gasteiger partial charge in [-0.05, 0) is 43.5 Å². The van der Waals surface area contributed by atoms with Crippen molar-refractivity contribution in [1.29, 1.82) is 0 Å². The van der Waals surface area contributed by atoms with Gasteiger partial charge in [0.1, 0.15) is 5.75 Å². The summed E-state index contributed by atoms with van der Waals surface area (Å²) in [4.78, 5) is 10.9. The highest BCUT2D eigenvalue weighted by Gasteiger charge is 2.07. The van der Waals surface area contributed by atoms with E-state index in [1.165, 1.54) is 7.11 Å². The maximum Gasteiger partial charge on any atom is 0.406 e. The van der Waals surface area contributed by atoms with Crippen LogP contribution in [0.5, 0.6) is 5.75 Å². The summed E-state index contributed by atoms with van der Waals surface area (Å²) < 4.78 is 9.91. The monoisotopic (exact) mass is 271 g/mol. The summed E-state index contributed by atoms with van der Waals surface area (Å²) in [7, 11) is 1.34. The predicted octanol–water partition coefficient (Wildman–Crippen LogP) is 2.95. The van der Waals surface area contributed by atoms with Gasteiger partial charge < -0.3 is 14.8 Å². The molecule has 0 heterocycles. The van der Waals surface area contributed by atoms with Gasteiger partial charge in [0.2, 0.25) is 0 Å². The molecule has 0 radical (unpaired) electrons. The first-order valence-electron chi connectivity index (χ1n) is 5.82. The maximum atomic E-state index is 10.9. The topological polar surface area (TPSA) is 47.6 Å². The average Bonchev–Trinajstić information content (AvgIpc) is 2.35. The zero-order valence-electron chi connectivity index (χ0n) is 10.9. The van der Waals surface area contributed by atoms with Crippen LogP contribution in [-0.4, -0.2) is 26.4 Å². The van der Waals surface area contributed by atoms with Crippen molar-refractivity contribution in [2.24, 2.45) is 0 Å². The molecule has 1 aromatic carbocycles. The van der Waals surface area contributed by atoms with Crippen molar-refractivity contribution in [3.8, 4) is 5.75 Å². The fraction of sp³-hybridized carbons (Fsp3) is 0.462. The van der Waals surface area contributed by atoms with Crippen molar-refractivity contribution < 1.29 is 14.3 Å². The van der Waals surface area contributed by atoms with Crippen LogP contribution in [-0.2, 0) is 11.2 Å². The molecule has 0 unspecified atom stereocenters. The number of amides is 1. The second-order valence-corrected chi connectivity index (χ2v) is 4.22. The molecule has 1 aromatic rings. The van der Waals surface area contributed by atoms with Crippen LogP contribution >= 0.6 is 11.6 Å². The van der Waals surface area contributed by atoms with Gasteiger partial charge in [-0.2, -0.15) is 0 Å². The molecule has 0 spiro atoms. The average molecular weight is 272 g/mol. The van der Waals surface area contributed by atoms with Crippen LogP contribution in [0.15, 0.2) is 12.1 Å². The van der Waals surface area contributed by atoms with Gasteiger partial charge in [0.15, 0.2) is 0 Å². The Kier molecular flexibility index (Phi) is 5.78. The van der Waals surface area contributed by atoms with E-state index in [-0.39, 0.29) is 0 Å². The predicted molar refractivity (Wildman–Crippen MR) is 71.5 cm³/mol. The van der Waals surface area contributed by atoms with Gasteiger partial charge in [-0.25, -0.2) is 4.79 Å². The highest BCUT2D eigenvalue weighted by Crippen LogP contribution is 2.28. The molecule has 0 atom stereocenters. The van der Waals surface area contributed by atoms with E-state index in [0.717, 1.165) is 11.1 Å². The van der Waals surface area contributed by atoms with Gasteiger partial charge in [-0.15, -0.1) is 0 Å². The van der Waals surface area contributed by atoms with Crippen LogP contribution in [0.25, 0.3) is 0 Å². The largest absolute Gasteiger partial charge is 0.492 e. The van der Waals surface area contributed by atoms with Crippen LogP contribution in [0, 0.1) is 6.92 Å². The van der Waals surface area contributed by atoms with E-state index in [1.54, 1.807) is 0 Å². The number of halogens is 1. The quantitative estimate of drug-likeness (QED) is 0.896. The first-order chi connectivity index (χ1) is 8.58. The highest BCUT2D eigenvalue weighted by molar-refractivity contribution is 6.32. The van der Waals surface area contributed by atoms with E-state index in [2.05, 4.69) is 10.1 Å².